The standard InChI is InChI=1S/C27H19N5OS/c1-18-12-14-20(15-13-18)25-28-27-32(30-25)26(33)23(34-27)16-21-17-31(22-10-6-3-7-11-22)29-24(21)19-8-4-2-5-9-19/h2-17H,1H3. The first-order valence-corrected chi connectivity index (χ1v) is 11.7. The molecule has 0 atom stereocenters. The van der Waals surface area contributed by atoms with Gasteiger partial charge in [0.25, 0.3) is 5.56 Å². The lowest BCUT2D eigenvalue weighted by Gasteiger charge is -2.00. The molecule has 0 spiro atoms. The normalized spacial score (nSPS) is 12.0. The Morgan fingerprint density at radius 1 is 0.824 bits per heavy atom. The van der Waals surface area contributed by atoms with E-state index in [1.165, 1.54) is 15.9 Å². The Labute approximate surface area is 199 Å². The minimum Gasteiger partial charge on any atom is -0.266 e. The van der Waals surface area contributed by atoms with Crippen molar-refractivity contribution in [1.29, 1.82) is 0 Å². The maximum Gasteiger partial charge on any atom is 0.291 e. The van der Waals surface area contributed by atoms with E-state index in [2.05, 4.69) is 10.1 Å². The van der Waals surface area contributed by atoms with Crippen LogP contribution in [0.25, 0.3) is 39.4 Å². The van der Waals surface area contributed by atoms with Gasteiger partial charge in [-0.15, -0.1) is 5.10 Å². The van der Waals surface area contributed by atoms with E-state index in [1.54, 1.807) is 0 Å². The fourth-order valence-electron chi connectivity index (χ4n) is 3.83. The maximum atomic E-state index is 13.2. The molecule has 0 bridgehead atoms. The van der Waals surface area contributed by atoms with Crippen LogP contribution < -0.4 is 10.1 Å². The third kappa shape index (κ3) is 3.62. The molecule has 0 fully saturated rings. The van der Waals surface area contributed by atoms with Gasteiger partial charge in [-0.05, 0) is 25.1 Å². The predicted octanol–water partition coefficient (Wildman–Crippen LogP) is 4.53. The van der Waals surface area contributed by atoms with E-state index in [4.69, 9.17) is 5.10 Å². The highest BCUT2D eigenvalue weighted by Gasteiger charge is 2.14. The van der Waals surface area contributed by atoms with E-state index < -0.39 is 0 Å². The van der Waals surface area contributed by atoms with Gasteiger partial charge in [0.2, 0.25) is 4.96 Å². The summed E-state index contributed by atoms with van der Waals surface area (Å²) >= 11 is 1.33. The molecule has 3 aromatic heterocycles. The molecule has 0 unspecified atom stereocenters. The number of hydrogen-bond acceptors (Lipinski definition) is 5. The molecular weight excluding hydrogens is 442 g/mol. The number of rotatable bonds is 4. The maximum absolute atomic E-state index is 13.2. The van der Waals surface area contributed by atoms with Crippen LogP contribution in [0.1, 0.15) is 11.1 Å². The summed E-state index contributed by atoms with van der Waals surface area (Å²) in [5.41, 5.74) is 5.47. The number of para-hydroxylation sites is 1. The molecule has 164 valence electrons. The Hall–Kier alpha value is -4.36. The Morgan fingerprint density at radius 3 is 2.24 bits per heavy atom. The van der Waals surface area contributed by atoms with Crippen LogP contribution in [0.4, 0.5) is 0 Å². The van der Waals surface area contributed by atoms with Crippen molar-refractivity contribution in [2.75, 3.05) is 0 Å². The number of aryl methyl sites for hydroxylation is 1. The van der Waals surface area contributed by atoms with Gasteiger partial charge in [0, 0.05) is 22.9 Å². The van der Waals surface area contributed by atoms with Crippen LogP contribution >= 0.6 is 11.3 Å². The second kappa shape index (κ2) is 8.20. The Kier molecular flexibility index (Phi) is 4.89. The van der Waals surface area contributed by atoms with Gasteiger partial charge in [0.05, 0.1) is 15.9 Å². The number of aromatic nitrogens is 5. The van der Waals surface area contributed by atoms with Crippen molar-refractivity contribution in [2.45, 2.75) is 6.92 Å². The molecule has 6 nitrogen and oxygen atoms in total. The highest BCUT2D eigenvalue weighted by atomic mass is 32.1. The Balaban J connectivity index is 1.48. The molecule has 0 N–H and O–H groups in total. The Bertz CT molecular complexity index is 1720. The molecule has 3 heterocycles. The van der Waals surface area contributed by atoms with Crippen molar-refractivity contribution in [2.24, 2.45) is 0 Å². The van der Waals surface area contributed by atoms with Crippen molar-refractivity contribution < 1.29 is 0 Å². The lowest BCUT2D eigenvalue weighted by Crippen LogP contribution is -2.23. The molecule has 0 saturated carbocycles. The molecule has 0 amide bonds. The van der Waals surface area contributed by atoms with E-state index in [9.17, 15) is 4.79 Å². The van der Waals surface area contributed by atoms with Gasteiger partial charge in [0.1, 0.15) is 0 Å². The summed E-state index contributed by atoms with van der Waals surface area (Å²) in [7, 11) is 0. The Morgan fingerprint density at radius 2 is 1.53 bits per heavy atom. The zero-order chi connectivity index (χ0) is 23.1. The predicted molar refractivity (Wildman–Crippen MR) is 135 cm³/mol. The van der Waals surface area contributed by atoms with Gasteiger partial charge >= 0.3 is 0 Å². The number of benzene rings is 3. The van der Waals surface area contributed by atoms with Gasteiger partial charge in [-0.3, -0.25) is 4.79 Å². The van der Waals surface area contributed by atoms with Gasteiger partial charge in [-0.1, -0.05) is 89.7 Å². The third-order valence-electron chi connectivity index (χ3n) is 5.59. The summed E-state index contributed by atoms with van der Waals surface area (Å²) in [6, 6.07) is 27.9. The highest BCUT2D eigenvalue weighted by molar-refractivity contribution is 7.15. The summed E-state index contributed by atoms with van der Waals surface area (Å²) in [4.78, 5) is 18.3. The first kappa shape index (κ1) is 20.3. The quantitative estimate of drug-likeness (QED) is 0.387. The van der Waals surface area contributed by atoms with E-state index in [-0.39, 0.29) is 5.56 Å². The molecule has 0 aliphatic heterocycles. The molecule has 3 aromatic carbocycles. The zero-order valence-corrected chi connectivity index (χ0v) is 19.1. The van der Waals surface area contributed by atoms with E-state index in [0.717, 1.165) is 33.6 Å². The molecule has 7 heteroatoms. The van der Waals surface area contributed by atoms with Gasteiger partial charge in [-0.2, -0.15) is 14.6 Å². The van der Waals surface area contributed by atoms with Crippen molar-refractivity contribution >= 4 is 22.4 Å². The van der Waals surface area contributed by atoms with Crippen LogP contribution in [0.15, 0.2) is 95.9 Å². The number of hydrogen-bond donors (Lipinski definition) is 0. The average Bonchev–Trinajstić information content (AvgIpc) is 3.56. The van der Waals surface area contributed by atoms with Gasteiger partial charge in [-0.25, -0.2) is 4.68 Å². The number of fused-ring (bicyclic) bond motifs is 1. The molecule has 0 aliphatic carbocycles. The SMILES string of the molecule is Cc1ccc(-c2nc3sc(=Cc4cn(-c5ccccc5)nc4-c4ccccc4)c(=O)n3n2)cc1. The summed E-state index contributed by atoms with van der Waals surface area (Å²) in [5, 5.41) is 9.30. The second-order valence-electron chi connectivity index (χ2n) is 7.99. The third-order valence-corrected chi connectivity index (χ3v) is 6.55. The second-order valence-corrected chi connectivity index (χ2v) is 9.00. The van der Waals surface area contributed by atoms with Gasteiger partial charge < -0.3 is 0 Å². The molecule has 6 rings (SSSR count). The van der Waals surface area contributed by atoms with Crippen molar-refractivity contribution in [3.8, 4) is 28.3 Å². The minimum absolute atomic E-state index is 0.183. The highest BCUT2D eigenvalue weighted by Crippen LogP contribution is 2.24. The summed E-state index contributed by atoms with van der Waals surface area (Å²) in [5.74, 6) is 0.553. The van der Waals surface area contributed by atoms with Crippen LogP contribution in [0.3, 0.4) is 0 Å². The van der Waals surface area contributed by atoms with E-state index >= 15 is 0 Å². The number of thiazole rings is 1. The smallest absolute Gasteiger partial charge is 0.266 e. The van der Waals surface area contributed by atoms with Crippen molar-refractivity contribution in [1.82, 2.24) is 24.4 Å². The monoisotopic (exact) mass is 461 g/mol. The number of nitrogens with zero attached hydrogens (tertiary/aromatic N) is 5. The molecule has 0 radical (unpaired) electrons. The van der Waals surface area contributed by atoms with Crippen LogP contribution in [0.5, 0.6) is 0 Å². The van der Waals surface area contributed by atoms with Crippen LogP contribution in [0, 0.1) is 6.92 Å². The molecular formula is C27H19N5OS. The molecule has 34 heavy (non-hydrogen) atoms. The van der Waals surface area contributed by atoms with Crippen LogP contribution in [0.2, 0.25) is 0 Å². The van der Waals surface area contributed by atoms with Crippen LogP contribution in [-0.4, -0.2) is 24.4 Å². The van der Waals surface area contributed by atoms with E-state index in [1.807, 2.05) is 109 Å². The summed E-state index contributed by atoms with van der Waals surface area (Å²) in [6.45, 7) is 2.03. The van der Waals surface area contributed by atoms with Crippen LogP contribution in [-0.2, 0) is 0 Å². The summed E-state index contributed by atoms with van der Waals surface area (Å²) < 4.78 is 3.79. The first-order valence-electron chi connectivity index (χ1n) is 10.8. The van der Waals surface area contributed by atoms with Gasteiger partial charge in [0.15, 0.2) is 5.82 Å². The lowest BCUT2D eigenvalue weighted by molar-refractivity contribution is 0.884. The fourth-order valence-corrected chi connectivity index (χ4v) is 4.72. The van der Waals surface area contributed by atoms with Crippen molar-refractivity contribution in [3.63, 3.8) is 0 Å². The molecule has 6 aromatic rings. The largest absolute Gasteiger partial charge is 0.291 e. The van der Waals surface area contributed by atoms with Crippen molar-refractivity contribution in [3.05, 3.63) is 117 Å². The van der Waals surface area contributed by atoms with E-state index in [0.29, 0.717) is 15.3 Å². The lowest BCUT2D eigenvalue weighted by atomic mass is 10.1. The molecule has 0 saturated heterocycles. The minimum atomic E-state index is -0.183. The zero-order valence-electron chi connectivity index (χ0n) is 18.3. The average molecular weight is 462 g/mol. The topological polar surface area (TPSA) is 65.1 Å². The first-order chi connectivity index (χ1) is 16.7. The molecule has 0 aliphatic rings. The fraction of sp³-hybridized carbons (Fsp3) is 0.0370. The summed E-state index contributed by atoms with van der Waals surface area (Å²) in [6.07, 6.45) is 3.83.